The van der Waals surface area contributed by atoms with Crippen molar-refractivity contribution in [2.24, 2.45) is 0 Å². The molecule has 3 aromatic carbocycles. The number of pyridine rings is 1. The average Bonchev–Trinajstić information content (AvgIpc) is 2.52. The van der Waals surface area contributed by atoms with Gasteiger partial charge in [0.2, 0.25) is 0 Å². The summed E-state index contributed by atoms with van der Waals surface area (Å²) in [7, 11) is 0. The molecule has 1 aromatic heterocycles. The summed E-state index contributed by atoms with van der Waals surface area (Å²) in [6.45, 7) is 6.63. The molecule has 0 aliphatic carbocycles. The van der Waals surface area contributed by atoms with E-state index >= 15 is 0 Å². The summed E-state index contributed by atoms with van der Waals surface area (Å²) >= 11 is 6.28. The number of fused-ring (bicyclic) bond motifs is 5. The molecular weight excluding hydrogens is 302 g/mol. The second-order valence-electron chi connectivity index (χ2n) is 7.08. The minimum Gasteiger partial charge on any atom is -0.251 e. The maximum absolute atomic E-state index is 6.28. The highest BCUT2D eigenvalue weighted by Gasteiger charge is 2.21. The van der Waals surface area contributed by atoms with Crippen LogP contribution in [0.1, 0.15) is 26.5 Å². The van der Waals surface area contributed by atoms with E-state index in [1.807, 2.05) is 6.07 Å². The van der Waals surface area contributed by atoms with Gasteiger partial charge in [0.05, 0.1) is 11.2 Å². The highest BCUT2D eigenvalue weighted by Crippen LogP contribution is 2.36. The lowest BCUT2D eigenvalue weighted by Crippen LogP contribution is -2.14. The van der Waals surface area contributed by atoms with Crippen LogP contribution in [-0.2, 0) is 5.41 Å². The molecule has 0 N–H and O–H groups in total. The van der Waals surface area contributed by atoms with Crippen molar-refractivity contribution in [2.75, 3.05) is 0 Å². The summed E-state index contributed by atoms with van der Waals surface area (Å²) in [5.41, 5.74) is 2.15. The molecule has 1 nitrogen and oxygen atoms in total. The highest BCUT2D eigenvalue weighted by atomic mass is 35.5. The van der Waals surface area contributed by atoms with Crippen molar-refractivity contribution in [3.8, 4) is 0 Å². The Morgan fingerprint density at radius 3 is 2.30 bits per heavy atom. The largest absolute Gasteiger partial charge is 0.251 e. The van der Waals surface area contributed by atoms with Crippen LogP contribution in [0, 0.1) is 0 Å². The lowest BCUT2D eigenvalue weighted by Gasteiger charge is -2.22. The van der Waals surface area contributed by atoms with Crippen molar-refractivity contribution in [3.63, 3.8) is 0 Å². The van der Waals surface area contributed by atoms with E-state index in [9.17, 15) is 0 Å². The van der Waals surface area contributed by atoms with Gasteiger partial charge in [-0.3, -0.25) is 4.98 Å². The fraction of sp³-hybridized carbons (Fsp3) is 0.190. The monoisotopic (exact) mass is 319 g/mol. The lowest BCUT2D eigenvalue weighted by molar-refractivity contribution is 0.578. The predicted molar refractivity (Wildman–Crippen MR) is 100 cm³/mol. The molecule has 0 bridgehead atoms. The van der Waals surface area contributed by atoms with Crippen LogP contribution in [0.2, 0.25) is 5.02 Å². The van der Waals surface area contributed by atoms with Gasteiger partial charge in [0.25, 0.3) is 0 Å². The Labute approximate surface area is 140 Å². The summed E-state index contributed by atoms with van der Waals surface area (Å²) < 4.78 is 0. The van der Waals surface area contributed by atoms with Crippen molar-refractivity contribution in [3.05, 3.63) is 65.3 Å². The van der Waals surface area contributed by atoms with Gasteiger partial charge in [-0.1, -0.05) is 74.8 Å². The second kappa shape index (κ2) is 4.94. The van der Waals surface area contributed by atoms with Gasteiger partial charge in [-0.2, -0.15) is 0 Å². The first-order chi connectivity index (χ1) is 10.9. The Balaban J connectivity index is 2.30. The number of nitrogens with zero attached hydrogens (tertiary/aromatic N) is 1. The van der Waals surface area contributed by atoms with Gasteiger partial charge >= 0.3 is 0 Å². The van der Waals surface area contributed by atoms with Gasteiger partial charge in [-0.15, -0.1) is 0 Å². The molecule has 0 aliphatic heterocycles. The number of benzene rings is 3. The van der Waals surface area contributed by atoms with Crippen molar-refractivity contribution >= 4 is 44.0 Å². The van der Waals surface area contributed by atoms with Crippen molar-refractivity contribution in [2.45, 2.75) is 26.2 Å². The van der Waals surface area contributed by atoms with Crippen molar-refractivity contribution in [1.82, 2.24) is 4.98 Å². The van der Waals surface area contributed by atoms with E-state index in [0.29, 0.717) is 0 Å². The fourth-order valence-corrected chi connectivity index (χ4v) is 3.45. The normalized spacial score (nSPS) is 12.3. The van der Waals surface area contributed by atoms with Gasteiger partial charge in [0.1, 0.15) is 0 Å². The summed E-state index contributed by atoms with van der Waals surface area (Å²) in [5.74, 6) is 0. The maximum Gasteiger partial charge on any atom is 0.0790 e. The smallest absolute Gasteiger partial charge is 0.0790 e. The second-order valence-corrected chi connectivity index (χ2v) is 7.52. The third-order valence-electron chi connectivity index (χ3n) is 4.36. The summed E-state index contributed by atoms with van der Waals surface area (Å²) in [4.78, 5) is 5.09. The van der Waals surface area contributed by atoms with E-state index in [1.165, 1.54) is 21.5 Å². The Morgan fingerprint density at radius 2 is 1.52 bits per heavy atom. The quantitative estimate of drug-likeness (QED) is 0.337. The molecule has 0 spiro atoms. The summed E-state index contributed by atoms with van der Waals surface area (Å²) in [6, 6.07) is 18.9. The van der Waals surface area contributed by atoms with Gasteiger partial charge < -0.3 is 0 Å². The van der Waals surface area contributed by atoms with Crippen LogP contribution in [0.4, 0.5) is 0 Å². The molecule has 0 saturated heterocycles. The predicted octanol–water partition coefficient (Wildman–Crippen LogP) is 6.49. The molecule has 1 heterocycles. The molecule has 0 saturated carbocycles. The molecule has 0 amide bonds. The minimum atomic E-state index is -0.0305. The molecule has 0 atom stereocenters. The number of hydrogen-bond donors (Lipinski definition) is 0. The molecule has 0 radical (unpaired) electrons. The Morgan fingerprint density at radius 1 is 0.783 bits per heavy atom. The minimum absolute atomic E-state index is 0.0305. The highest BCUT2D eigenvalue weighted by molar-refractivity contribution is 6.32. The standard InChI is InChI=1S/C21H18ClN/c1-21(2,3)20-17-11-9-14(22)12-18(17)16-10-8-13-6-4-5-7-15(13)19(16)23-20/h4-12H,1-3H3. The zero-order valence-electron chi connectivity index (χ0n) is 13.5. The molecule has 4 rings (SSSR count). The molecule has 0 unspecified atom stereocenters. The topological polar surface area (TPSA) is 12.9 Å². The molecule has 0 fully saturated rings. The van der Waals surface area contributed by atoms with Crippen LogP contribution < -0.4 is 0 Å². The van der Waals surface area contributed by atoms with E-state index in [1.54, 1.807) is 0 Å². The van der Waals surface area contributed by atoms with E-state index < -0.39 is 0 Å². The van der Waals surface area contributed by atoms with Crippen LogP contribution in [0.15, 0.2) is 54.6 Å². The van der Waals surface area contributed by atoms with E-state index in [2.05, 4.69) is 69.3 Å². The van der Waals surface area contributed by atoms with Crippen molar-refractivity contribution < 1.29 is 0 Å². The first-order valence-electron chi connectivity index (χ1n) is 7.86. The van der Waals surface area contributed by atoms with E-state index in [0.717, 1.165) is 21.6 Å². The van der Waals surface area contributed by atoms with E-state index in [-0.39, 0.29) is 5.41 Å². The van der Waals surface area contributed by atoms with Crippen molar-refractivity contribution in [1.29, 1.82) is 0 Å². The molecule has 23 heavy (non-hydrogen) atoms. The maximum atomic E-state index is 6.28. The Bertz CT molecular complexity index is 1060. The molecule has 0 aliphatic rings. The Kier molecular flexibility index (Phi) is 3.11. The molecule has 2 heteroatoms. The number of rotatable bonds is 0. The Hall–Kier alpha value is -2.12. The summed E-state index contributed by atoms with van der Waals surface area (Å²) in [6.07, 6.45) is 0. The molecule has 4 aromatic rings. The average molecular weight is 320 g/mol. The molecular formula is C21H18ClN. The summed E-state index contributed by atoms with van der Waals surface area (Å²) in [5, 5.41) is 6.70. The lowest BCUT2D eigenvalue weighted by atomic mass is 9.87. The van der Waals surface area contributed by atoms with Crippen LogP contribution in [0.3, 0.4) is 0 Å². The van der Waals surface area contributed by atoms with Gasteiger partial charge in [-0.25, -0.2) is 0 Å². The van der Waals surface area contributed by atoms with Crippen LogP contribution in [0.5, 0.6) is 0 Å². The third-order valence-corrected chi connectivity index (χ3v) is 4.60. The first kappa shape index (κ1) is 14.5. The third kappa shape index (κ3) is 2.27. The van der Waals surface area contributed by atoms with Crippen LogP contribution >= 0.6 is 11.6 Å². The number of aromatic nitrogens is 1. The fourth-order valence-electron chi connectivity index (χ4n) is 3.28. The number of hydrogen-bond acceptors (Lipinski definition) is 1. The zero-order chi connectivity index (χ0) is 16.2. The first-order valence-corrected chi connectivity index (χ1v) is 8.24. The van der Waals surface area contributed by atoms with Crippen LogP contribution in [-0.4, -0.2) is 4.98 Å². The zero-order valence-corrected chi connectivity index (χ0v) is 14.3. The van der Waals surface area contributed by atoms with Gasteiger partial charge in [0.15, 0.2) is 0 Å². The van der Waals surface area contributed by atoms with E-state index in [4.69, 9.17) is 16.6 Å². The van der Waals surface area contributed by atoms with Gasteiger partial charge in [0, 0.05) is 26.6 Å². The van der Waals surface area contributed by atoms with Gasteiger partial charge in [-0.05, 0) is 22.9 Å². The molecule has 114 valence electrons. The number of halogens is 1. The SMILES string of the molecule is CC(C)(C)c1nc2c3ccccc3ccc2c2cc(Cl)ccc12. The van der Waals surface area contributed by atoms with Crippen LogP contribution in [0.25, 0.3) is 32.4 Å².